The monoisotopic (exact) mass is 454 g/mol. The van der Waals surface area contributed by atoms with Gasteiger partial charge in [0.2, 0.25) is 5.91 Å². The van der Waals surface area contributed by atoms with E-state index in [0.717, 1.165) is 53.6 Å². The molecule has 2 unspecified atom stereocenters. The third-order valence-electron chi connectivity index (χ3n) is 7.30. The van der Waals surface area contributed by atoms with E-state index in [-0.39, 0.29) is 17.4 Å². The molecule has 2 saturated heterocycles. The van der Waals surface area contributed by atoms with Crippen LogP contribution >= 0.6 is 0 Å². The van der Waals surface area contributed by atoms with Crippen molar-refractivity contribution in [1.29, 1.82) is 0 Å². The van der Waals surface area contributed by atoms with Gasteiger partial charge in [0.05, 0.1) is 19.2 Å². The molecule has 0 aliphatic carbocycles. The van der Waals surface area contributed by atoms with Gasteiger partial charge in [0.25, 0.3) is 5.91 Å². The predicted molar refractivity (Wildman–Crippen MR) is 131 cm³/mol. The molecule has 2 N–H and O–H groups in total. The Kier molecular flexibility index (Phi) is 6.45. The van der Waals surface area contributed by atoms with Crippen LogP contribution in [0.1, 0.15) is 62.5 Å². The van der Waals surface area contributed by atoms with Crippen LogP contribution in [0.5, 0.6) is 5.75 Å². The zero-order valence-corrected chi connectivity index (χ0v) is 20.8. The summed E-state index contributed by atoms with van der Waals surface area (Å²) in [6, 6.07) is 6.73. The van der Waals surface area contributed by atoms with Gasteiger partial charge in [-0.05, 0) is 77.5 Å². The van der Waals surface area contributed by atoms with Crippen molar-refractivity contribution < 1.29 is 14.3 Å². The standard InChI is InChI=1S/C26H38N4O3/c1-16-24(21-13-20(33-6)9-10-22(21)29(16)5)25(32)27-14-17-11-18-7-8-19(12-17)30(18)15-23(31)28-26(2,3)4/h9-10,13,17-19H,7-8,11-12,14-15H2,1-6H3,(H,27,32)(H,28,31). The summed E-state index contributed by atoms with van der Waals surface area (Å²) < 4.78 is 7.44. The minimum Gasteiger partial charge on any atom is -0.497 e. The van der Waals surface area contributed by atoms with Crippen LogP contribution in [0.4, 0.5) is 0 Å². The maximum absolute atomic E-state index is 13.2. The highest BCUT2D eigenvalue weighted by molar-refractivity contribution is 6.08. The Labute approximate surface area is 196 Å². The second-order valence-corrected chi connectivity index (χ2v) is 10.8. The van der Waals surface area contributed by atoms with E-state index in [1.807, 2.05) is 52.9 Å². The van der Waals surface area contributed by atoms with Crippen molar-refractivity contribution in [2.45, 2.75) is 71.0 Å². The highest BCUT2D eigenvalue weighted by Crippen LogP contribution is 2.38. The lowest BCUT2D eigenvalue weighted by Gasteiger charge is -2.39. The average Bonchev–Trinajstić information content (AvgIpc) is 3.11. The predicted octanol–water partition coefficient (Wildman–Crippen LogP) is 3.38. The molecular formula is C26H38N4O3. The van der Waals surface area contributed by atoms with Crippen molar-refractivity contribution in [3.63, 3.8) is 0 Å². The SMILES string of the molecule is COc1ccc2c(c1)c(C(=O)NCC1CC3CCC(C1)N3CC(=O)NC(C)(C)C)c(C)n2C. The number of carbonyl (C=O) groups is 2. The Morgan fingerprint density at radius 3 is 2.42 bits per heavy atom. The molecule has 33 heavy (non-hydrogen) atoms. The summed E-state index contributed by atoms with van der Waals surface area (Å²) in [5.74, 6) is 1.28. The van der Waals surface area contributed by atoms with E-state index in [1.165, 1.54) is 0 Å². The van der Waals surface area contributed by atoms with Gasteiger partial charge in [-0.25, -0.2) is 0 Å². The maximum atomic E-state index is 13.2. The van der Waals surface area contributed by atoms with Crippen LogP contribution in [0, 0.1) is 12.8 Å². The highest BCUT2D eigenvalue weighted by Gasteiger charge is 2.41. The molecule has 2 atom stereocenters. The van der Waals surface area contributed by atoms with E-state index in [9.17, 15) is 9.59 Å². The average molecular weight is 455 g/mol. The lowest BCUT2D eigenvalue weighted by atomic mass is 9.90. The second-order valence-electron chi connectivity index (χ2n) is 10.8. The summed E-state index contributed by atoms with van der Waals surface area (Å²) in [6.07, 6.45) is 4.34. The number of fused-ring (bicyclic) bond motifs is 3. The molecule has 0 saturated carbocycles. The van der Waals surface area contributed by atoms with Crippen LogP contribution in [0.2, 0.25) is 0 Å². The third kappa shape index (κ3) is 4.88. The Bertz CT molecular complexity index is 1040. The van der Waals surface area contributed by atoms with Gasteiger partial charge in [0.15, 0.2) is 0 Å². The molecule has 3 heterocycles. The number of aryl methyl sites for hydroxylation is 1. The number of amides is 2. The first-order valence-electron chi connectivity index (χ1n) is 12.1. The minimum absolute atomic E-state index is 0.0225. The fourth-order valence-corrected chi connectivity index (χ4v) is 5.73. The molecule has 7 nitrogen and oxygen atoms in total. The smallest absolute Gasteiger partial charge is 0.253 e. The van der Waals surface area contributed by atoms with Crippen LogP contribution in [0.15, 0.2) is 18.2 Å². The van der Waals surface area contributed by atoms with Crippen molar-refractivity contribution in [2.24, 2.45) is 13.0 Å². The minimum atomic E-state index is -0.206. The van der Waals surface area contributed by atoms with Gasteiger partial charge in [-0.1, -0.05) is 0 Å². The summed E-state index contributed by atoms with van der Waals surface area (Å²) >= 11 is 0. The molecule has 180 valence electrons. The molecule has 0 radical (unpaired) electrons. The van der Waals surface area contributed by atoms with E-state index < -0.39 is 0 Å². The molecule has 2 bridgehead atoms. The van der Waals surface area contributed by atoms with Gasteiger partial charge in [0, 0.05) is 47.8 Å². The Hall–Kier alpha value is -2.54. The number of benzene rings is 1. The molecule has 2 aliphatic rings. The third-order valence-corrected chi connectivity index (χ3v) is 7.30. The highest BCUT2D eigenvalue weighted by atomic mass is 16.5. The number of aromatic nitrogens is 1. The number of carbonyl (C=O) groups excluding carboxylic acids is 2. The number of nitrogens with zero attached hydrogens (tertiary/aromatic N) is 2. The van der Waals surface area contributed by atoms with E-state index in [0.29, 0.717) is 31.1 Å². The molecule has 1 aromatic carbocycles. The summed E-state index contributed by atoms with van der Waals surface area (Å²) in [5.41, 5.74) is 2.50. The Balaban J connectivity index is 1.39. The summed E-state index contributed by atoms with van der Waals surface area (Å²) in [7, 11) is 3.63. The van der Waals surface area contributed by atoms with Gasteiger partial charge in [0.1, 0.15) is 5.75 Å². The molecule has 2 aliphatic heterocycles. The molecule has 7 heteroatoms. The maximum Gasteiger partial charge on any atom is 0.253 e. The molecule has 2 fully saturated rings. The first kappa shape index (κ1) is 23.6. The Morgan fingerprint density at radius 2 is 1.82 bits per heavy atom. The van der Waals surface area contributed by atoms with Gasteiger partial charge >= 0.3 is 0 Å². The normalized spacial score (nSPS) is 23.0. The molecule has 2 amide bonds. The number of hydrogen-bond acceptors (Lipinski definition) is 4. The van der Waals surface area contributed by atoms with E-state index in [2.05, 4.69) is 20.1 Å². The zero-order valence-electron chi connectivity index (χ0n) is 20.8. The molecular weight excluding hydrogens is 416 g/mol. The number of methoxy groups -OCH3 is 1. The fraction of sp³-hybridized carbons (Fsp3) is 0.615. The number of nitrogens with one attached hydrogen (secondary N) is 2. The topological polar surface area (TPSA) is 75.6 Å². The summed E-state index contributed by atoms with van der Waals surface area (Å²) in [5, 5.41) is 7.23. The second kappa shape index (κ2) is 9.01. The lowest BCUT2D eigenvalue weighted by molar-refractivity contribution is -0.125. The molecule has 2 aromatic rings. The fourth-order valence-electron chi connectivity index (χ4n) is 5.73. The Morgan fingerprint density at radius 1 is 1.15 bits per heavy atom. The molecule has 1 aromatic heterocycles. The first-order chi connectivity index (χ1) is 15.6. The summed E-state index contributed by atoms with van der Waals surface area (Å²) in [6.45, 7) is 9.19. The molecule has 0 spiro atoms. The van der Waals surface area contributed by atoms with Crippen molar-refractivity contribution in [2.75, 3.05) is 20.2 Å². The number of rotatable bonds is 6. The van der Waals surface area contributed by atoms with Gasteiger partial charge in [-0.2, -0.15) is 0 Å². The van der Waals surface area contributed by atoms with Gasteiger partial charge in [-0.15, -0.1) is 0 Å². The van der Waals surface area contributed by atoms with Crippen molar-refractivity contribution in [1.82, 2.24) is 20.1 Å². The number of piperidine rings is 1. The zero-order chi connectivity index (χ0) is 23.9. The van der Waals surface area contributed by atoms with Gasteiger partial charge in [-0.3, -0.25) is 14.5 Å². The number of ether oxygens (including phenoxy) is 1. The first-order valence-corrected chi connectivity index (χ1v) is 12.1. The van der Waals surface area contributed by atoms with Crippen molar-refractivity contribution in [3.05, 3.63) is 29.5 Å². The van der Waals surface area contributed by atoms with E-state index >= 15 is 0 Å². The summed E-state index contributed by atoms with van der Waals surface area (Å²) in [4.78, 5) is 28.1. The van der Waals surface area contributed by atoms with Crippen LogP contribution in [-0.2, 0) is 11.8 Å². The van der Waals surface area contributed by atoms with E-state index in [1.54, 1.807) is 7.11 Å². The van der Waals surface area contributed by atoms with Crippen LogP contribution in [0.25, 0.3) is 10.9 Å². The lowest BCUT2D eigenvalue weighted by Crippen LogP contribution is -2.52. The van der Waals surface area contributed by atoms with Crippen LogP contribution < -0.4 is 15.4 Å². The largest absolute Gasteiger partial charge is 0.497 e. The molecule has 4 rings (SSSR count). The van der Waals surface area contributed by atoms with E-state index in [4.69, 9.17) is 4.74 Å². The van der Waals surface area contributed by atoms with Crippen LogP contribution in [-0.4, -0.2) is 59.1 Å². The van der Waals surface area contributed by atoms with Crippen molar-refractivity contribution >= 4 is 22.7 Å². The van der Waals surface area contributed by atoms with Crippen molar-refractivity contribution in [3.8, 4) is 5.75 Å². The van der Waals surface area contributed by atoms with Crippen LogP contribution in [0.3, 0.4) is 0 Å². The number of hydrogen-bond donors (Lipinski definition) is 2. The quantitative estimate of drug-likeness (QED) is 0.702. The van der Waals surface area contributed by atoms with Gasteiger partial charge < -0.3 is 19.9 Å².